The Balaban J connectivity index is 2.09. The van der Waals surface area contributed by atoms with Gasteiger partial charge >= 0.3 is 12.1 Å². The summed E-state index contributed by atoms with van der Waals surface area (Å²) >= 11 is 0. The summed E-state index contributed by atoms with van der Waals surface area (Å²) in [5, 5.41) is -0.130. The number of fused-ring (bicyclic) bond motifs is 1. The van der Waals surface area contributed by atoms with Crippen LogP contribution < -0.4 is 14.9 Å². The standard InChI is InChI=1S/C23H21F3O6/c1-5-29-22(28)14(4)30-15-8-9-16-18(11-15)32-21(23(24,25)26)20(19(16)27)31-17-10-12(2)6-7-13(17)3/h6-11,14H,5H2,1-4H3. The summed E-state index contributed by atoms with van der Waals surface area (Å²) < 4.78 is 61.9. The van der Waals surface area contributed by atoms with E-state index >= 15 is 0 Å². The van der Waals surface area contributed by atoms with Crippen LogP contribution in [0.5, 0.6) is 17.2 Å². The molecule has 9 heteroatoms. The number of hydrogen-bond acceptors (Lipinski definition) is 6. The van der Waals surface area contributed by atoms with E-state index in [1.54, 1.807) is 32.9 Å². The quantitative estimate of drug-likeness (QED) is 0.459. The molecule has 3 aromatic rings. The number of halogens is 3. The highest BCUT2D eigenvalue weighted by Gasteiger charge is 2.40. The van der Waals surface area contributed by atoms with Gasteiger partial charge in [-0.15, -0.1) is 0 Å². The van der Waals surface area contributed by atoms with Crippen molar-refractivity contribution in [3.05, 3.63) is 63.5 Å². The maximum absolute atomic E-state index is 13.7. The average molecular weight is 450 g/mol. The molecule has 0 amide bonds. The molecule has 0 aliphatic heterocycles. The van der Waals surface area contributed by atoms with Crippen molar-refractivity contribution >= 4 is 16.9 Å². The van der Waals surface area contributed by atoms with E-state index < -0.39 is 35.2 Å². The van der Waals surface area contributed by atoms with Crippen LogP contribution in [0.15, 0.2) is 45.6 Å². The largest absolute Gasteiger partial charge is 0.479 e. The lowest BCUT2D eigenvalue weighted by atomic mass is 10.1. The fourth-order valence-corrected chi connectivity index (χ4v) is 2.95. The van der Waals surface area contributed by atoms with Gasteiger partial charge in [-0.1, -0.05) is 12.1 Å². The minimum Gasteiger partial charge on any atom is -0.479 e. The first-order chi connectivity index (χ1) is 15.0. The Morgan fingerprint density at radius 2 is 1.84 bits per heavy atom. The smallest absolute Gasteiger partial charge is 0.453 e. The number of rotatable bonds is 6. The lowest BCUT2D eigenvalue weighted by Crippen LogP contribution is -2.26. The molecule has 0 fully saturated rings. The van der Waals surface area contributed by atoms with E-state index in [9.17, 15) is 22.8 Å². The second-order valence-electron chi connectivity index (χ2n) is 7.13. The van der Waals surface area contributed by atoms with Crippen molar-refractivity contribution in [2.45, 2.75) is 40.0 Å². The molecule has 1 unspecified atom stereocenters. The highest BCUT2D eigenvalue weighted by atomic mass is 19.4. The fourth-order valence-electron chi connectivity index (χ4n) is 2.95. The number of hydrogen-bond donors (Lipinski definition) is 0. The SMILES string of the molecule is CCOC(=O)C(C)Oc1ccc2c(=O)c(Oc3cc(C)ccc3C)c(C(F)(F)F)oc2c1. The Kier molecular flexibility index (Phi) is 6.47. The van der Waals surface area contributed by atoms with E-state index in [2.05, 4.69) is 0 Å². The van der Waals surface area contributed by atoms with Crippen LogP contribution in [-0.2, 0) is 15.7 Å². The third-order valence-electron chi connectivity index (χ3n) is 4.57. The van der Waals surface area contributed by atoms with Crippen molar-refractivity contribution in [3.63, 3.8) is 0 Å². The first kappa shape index (κ1) is 23.2. The second kappa shape index (κ2) is 8.94. The summed E-state index contributed by atoms with van der Waals surface area (Å²) in [7, 11) is 0. The molecule has 0 aliphatic rings. The number of carbonyl (C=O) groups is 1. The number of ether oxygens (including phenoxy) is 3. The molecule has 32 heavy (non-hydrogen) atoms. The molecule has 0 saturated heterocycles. The summed E-state index contributed by atoms with van der Waals surface area (Å²) in [5.74, 6) is -3.00. The first-order valence-electron chi connectivity index (χ1n) is 9.77. The van der Waals surface area contributed by atoms with E-state index in [1.807, 2.05) is 0 Å². The van der Waals surface area contributed by atoms with Gasteiger partial charge in [0.1, 0.15) is 17.1 Å². The van der Waals surface area contributed by atoms with Crippen molar-refractivity contribution < 1.29 is 36.6 Å². The normalized spacial score (nSPS) is 12.5. The summed E-state index contributed by atoms with van der Waals surface area (Å²) in [6.07, 6.45) is -6.00. The molecule has 0 radical (unpaired) electrons. The van der Waals surface area contributed by atoms with Crippen molar-refractivity contribution in [3.8, 4) is 17.2 Å². The van der Waals surface area contributed by atoms with Crippen molar-refractivity contribution in [1.29, 1.82) is 0 Å². The van der Waals surface area contributed by atoms with Gasteiger partial charge in [-0.25, -0.2) is 4.79 Å². The molecular formula is C23H21F3O6. The van der Waals surface area contributed by atoms with Gasteiger partial charge in [0.15, 0.2) is 6.10 Å². The summed E-state index contributed by atoms with van der Waals surface area (Å²) in [4.78, 5) is 24.7. The Bertz CT molecular complexity index is 1210. The predicted octanol–water partition coefficient (Wildman–Crippen LogP) is 5.55. The van der Waals surface area contributed by atoms with Crippen LogP contribution in [0.4, 0.5) is 13.2 Å². The second-order valence-corrected chi connectivity index (χ2v) is 7.13. The van der Waals surface area contributed by atoms with Crippen molar-refractivity contribution in [2.75, 3.05) is 6.61 Å². The summed E-state index contributed by atoms with van der Waals surface area (Å²) in [6, 6.07) is 8.70. The molecule has 170 valence electrons. The van der Waals surface area contributed by atoms with Crippen LogP contribution in [-0.4, -0.2) is 18.7 Å². The third-order valence-corrected chi connectivity index (χ3v) is 4.57. The zero-order valence-corrected chi connectivity index (χ0v) is 17.8. The van der Waals surface area contributed by atoms with Crippen LogP contribution in [0.3, 0.4) is 0 Å². The molecule has 6 nitrogen and oxygen atoms in total. The molecule has 0 N–H and O–H groups in total. The maximum Gasteiger partial charge on any atom is 0.453 e. The highest BCUT2D eigenvalue weighted by molar-refractivity contribution is 5.80. The van der Waals surface area contributed by atoms with Gasteiger partial charge in [0.25, 0.3) is 5.76 Å². The van der Waals surface area contributed by atoms with Crippen LogP contribution in [0.2, 0.25) is 0 Å². The number of carbonyl (C=O) groups excluding carboxylic acids is 1. The van der Waals surface area contributed by atoms with Crippen LogP contribution in [0, 0.1) is 13.8 Å². The minimum atomic E-state index is -4.99. The third kappa shape index (κ3) is 4.87. The van der Waals surface area contributed by atoms with Gasteiger partial charge in [0.2, 0.25) is 11.2 Å². The van der Waals surface area contributed by atoms with Gasteiger partial charge in [-0.3, -0.25) is 4.79 Å². The molecule has 0 aliphatic carbocycles. The average Bonchev–Trinajstić information content (AvgIpc) is 2.71. The molecule has 0 bridgehead atoms. The van der Waals surface area contributed by atoms with Crippen molar-refractivity contribution in [1.82, 2.24) is 0 Å². The predicted molar refractivity (Wildman–Crippen MR) is 110 cm³/mol. The monoisotopic (exact) mass is 450 g/mol. The lowest BCUT2D eigenvalue weighted by molar-refractivity contribution is -0.154. The van der Waals surface area contributed by atoms with E-state index in [0.29, 0.717) is 5.56 Å². The zero-order valence-electron chi connectivity index (χ0n) is 17.8. The number of benzene rings is 2. The molecule has 1 aromatic heterocycles. The number of esters is 1. The van der Waals surface area contributed by atoms with Gasteiger partial charge in [-0.2, -0.15) is 13.2 Å². The van der Waals surface area contributed by atoms with Crippen LogP contribution in [0.25, 0.3) is 11.0 Å². The van der Waals surface area contributed by atoms with Crippen molar-refractivity contribution in [2.24, 2.45) is 0 Å². The molecule has 0 saturated carbocycles. The first-order valence-corrected chi connectivity index (χ1v) is 9.77. The highest BCUT2D eigenvalue weighted by Crippen LogP contribution is 2.39. The molecule has 3 rings (SSSR count). The topological polar surface area (TPSA) is 75.0 Å². The molecule has 2 aromatic carbocycles. The van der Waals surface area contributed by atoms with E-state index in [-0.39, 0.29) is 29.1 Å². The maximum atomic E-state index is 13.7. The summed E-state index contributed by atoms with van der Waals surface area (Å²) in [6.45, 7) is 6.61. The van der Waals surface area contributed by atoms with Gasteiger partial charge < -0.3 is 18.6 Å². The molecular weight excluding hydrogens is 429 g/mol. The Morgan fingerprint density at radius 1 is 1.12 bits per heavy atom. The Labute approximate surface area is 181 Å². The molecule has 1 heterocycles. The van der Waals surface area contributed by atoms with E-state index in [0.717, 1.165) is 11.6 Å². The van der Waals surface area contributed by atoms with Crippen LogP contribution in [0.1, 0.15) is 30.7 Å². The Hall–Kier alpha value is -3.49. The minimum absolute atomic E-state index is 0.0394. The number of aryl methyl sites for hydroxylation is 2. The molecule has 0 spiro atoms. The Morgan fingerprint density at radius 3 is 2.50 bits per heavy atom. The lowest BCUT2D eigenvalue weighted by Gasteiger charge is -2.16. The molecule has 1 atom stereocenters. The van der Waals surface area contributed by atoms with E-state index in [1.165, 1.54) is 25.1 Å². The zero-order chi connectivity index (χ0) is 23.6. The van der Waals surface area contributed by atoms with Gasteiger partial charge in [0.05, 0.1) is 12.0 Å². The fraction of sp³-hybridized carbons (Fsp3) is 0.304. The summed E-state index contributed by atoms with van der Waals surface area (Å²) in [5.41, 5.74) is -0.0320. The van der Waals surface area contributed by atoms with Gasteiger partial charge in [0, 0.05) is 6.07 Å². The van der Waals surface area contributed by atoms with E-state index in [4.69, 9.17) is 18.6 Å². The van der Waals surface area contributed by atoms with Gasteiger partial charge in [-0.05, 0) is 57.0 Å². The number of alkyl halides is 3. The van der Waals surface area contributed by atoms with Crippen LogP contribution >= 0.6 is 0 Å².